The molecule has 4 aromatic rings. The van der Waals surface area contributed by atoms with Crippen molar-refractivity contribution in [1.82, 2.24) is 30.8 Å². The van der Waals surface area contributed by atoms with Crippen LogP contribution in [0.25, 0.3) is 10.9 Å². The van der Waals surface area contributed by atoms with Gasteiger partial charge in [-0.1, -0.05) is 60.8 Å². The summed E-state index contributed by atoms with van der Waals surface area (Å²) in [6, 6.07) is 18.8. The van der Waals surface area contributed by atoms with E-state index >= 15 is 0 Å². The van der Waals surface area contributed by atoms with Gasteiger partial charge in [0.25, 0.3) is 0 Å². The second-order valence-corrected chi connectivity index (χ2v) is 13.8. The Morgan fingerprint density at radius 2 is 1.83 bits per heavy atom. The lowest BCUT2D eigenvalue weighted by Crippen LogP contribution is -2.52. The van der Waals surface area contributed by atoms with Crippen LogP contribution in [0, 0.1) is 19.3 Å². The van der Waals surface area contributed by atoms with Crippen LogP contribution in [0.15, 0.2) is 78.9 Å². The third-order valence-electron chi connectivity index (χ3n) is 9.40. The Kier molecular flexibility index (Phi) is 9.60. The number of rotatable bonds is 9. The van der Waals surface area contributed by atoms with Crippen molar-refractivity contribution in [2.75, 3.05) is 23.7 Å². The first-order valence-corrected chi connectivity index (χ1v) is 16.9. The fraction of sp³-hybridized carbons (Fsp3) is 0.368. The molecule has 2 aliphatic heterocycles. The van der Waals surface area contributed by atoms with Crippen LogP contribution in [0.1, 0.15) is 81.4 Å². The highest BCUT2D eigenvalue weighted by molar-refractivity contribution is 6.35. The Morgan fingerprint density at radius 1 is 1.06 bits per heavy atom. The van der Waals surface area contributed by atoms with Crippen molar-refractivity contribution in [2.24, 2.45) is 0 Å². The van der Waals surface area contributed by atoms with Crippen LogP contribution < -0.4 is 21.6 Å². The Balaban J connectivity index is 1.34. The molecule has 2 aromatic carbocycles. The highest BCUT2D eigenvalue weighted by Gasteiger charge is 2.32. The lowest BCUT2D eigenvalue weighted by atomic mass is 9.97. The number of anilines is 2. The van der Waals surface area contributed by atoms with Gasteiger partial charge < -0.3 is 16.1 Å². The Morgan fingerprint density at radius 3 is 2.51 bits per heavy atom. The highest BCUT2D eigenvalue weighted by atomic mass is 35.5. The van der Waals surface area contributed by atoms with E-state index in [1.165, 1.54) is 5.56 Å². The summed E-state index contributed by atoms with van der Waals surface area (Å²) < 4.78 is 0. The standard InChI is InChI=1S/C38H45ClN8/c1-7-26-23-41-36-31(35(26)43-33(8-2)27-13-10-9-11-14-27)21-28(22-32(36)39)42-37(30-15-12-18-40-25(30)3)34-24-47(45-44-34)29-16-19-46(20-17-29)38(4,5)6/h1,9-15,18,21-24,29,33,37,42,44-45H,8,16-17,19-20H2,2-6H3,(H,41,43)/t33-,37+/m1/s1. The molecule has 1 fully saturated rings. The van der Waals surface area contributed by atoms with E-state index in [4.69, 9.17) is 18.0 Å². The fourth-order valence-corrected chi connectivity index (χ4v) is 6.95. The molecular formula is C38H45ClN8. The van der Waals surface area contributed by atoms with Crippen LogP contribution in [0.5, 0.6) is 0 Å². The van der Waals surface area contributed by atoms with Gasteiger partial charge in [0.1, 0.15) is 0 Å². The van der Waals surface area contributed by atoms with Gasteiger partial charge in [-0.3, -0.25) is 19.9 Å². The van der Waals surface area contributed by atoms with E-state index in [9.17, 15) is 0 Å². The predicted octanol–water partition coefficient (Wildman–Crippen LogP) is 7.72. The third-order valence-corrected chi connectivity index (χ3v) is 9.69. The molecule has 0 aliphatic carbocycles. The predicted molar refractivity (Wildman–Crippen MR) is 194 cm³/mol. The maximum Gasteiger partial charge on any atom is 0.0961 e. The molecule has 8 nitrogen and oxygen atoms in total. The van der Waals surface area contributed by atoms with Gasteiger partial charge in [0, 0.05) is 65.6 Å². The van der Waals surface area contributed by atoms with Gasteiger partial charge in [0.15, 0.2) is 0 Å². The molecule has 1 saturated heterocycles. The van der Waals surface area contributed by atoms with Gasteiger partial charge in [0.2, 0.25) is 0 Å². The molecule has 0 bridgehead atoms. The zero-order chi connectivity index (χ0) is 33.1. The van der Waals surface area contributed by atoms with Crippen molar-refractivity contribution in [3.8, 4) is 12.3 Å². The number of aryl methyl sites for hydroxylation is 1. The van der Waals surface area contributed by atoms with Crippen molar-refractivity contribution in [3.63, 3.8) is 0 Å². The average Bonchev–Trinajstić information content (AvgIpc) is 3.57. The first kappa shape index (κ1) is 32.6. The van der Waals surface area contributed by atoms with Gasteiger partial charge in [0.05, 0.1) is 39.6 Å². The van der Waals surface area contributed by atoms with Crippen LogP contribution in [0.4, 0.5) is 11.4 Å². The van der Waals surface area contributed by atoms with Gasteiger partial charge in [-0.05, 0) is 70.7 Å². The molecule has 0 saturated carbocycles. The lowest BCUT2D eigenvalue weighted by molar-refractivity contribution is 0.0570. The van der Waals surface area contributed by atoms with Crippen LogP contribution in [-0.2, 0) is 0 Å². The van der Waals surface area contributed by atoms with E-state index in [2.05, 4.69) is 118 Å². The summed E-state index contributed by atoms with van der Waals surface area (Å²) in [4.78, 5) is 11.9. The zero-order valence-electron chi connectivity index (χ0n) is 27.9. The Labute approximate surface area is 283 Å². The van der Waals surface area contributed by atoms with Crippen LogP contribution in [0.3, 0.4) is 0 Å². The summed E-state index contributed by atoms with van der Waals surface area (Å²) in [5, 5.41) is 11.2. The molecule has 47 heavy (non-hydrogen) atoms. The molecule has 4 heterocycles. The molecule has 0 radical (unpaired) electrons. The third kappa shape index (κ3) is 7.03. The van der Waals surface area contributed by atoms with Crippen molar-refractivity contribution >= 4 is 33.9 Å². The molecule has 6 rings (SSSR count). The summed E-state index contributed by atoms with van der Waals surface area (Å²) >= 11 is 6.96. The summed E-state index contributed by atoms with van der Waals surface area (Å²) in [5.41, 5.74) is 14.4. The van der Waals surface area contributed by atoms with Gasteiger partial charge in [-0.2, -0.15) is 0 Å². The van der Waals surface area contributed by atoms with Crippen molar-refractivity contribution in [3.05, 3.63) is 106 Å². The van der Waals surface area contributed by atoms with E-state index in [-0.39, 0.29) is 17.6 Å². The Bertz CT molecular complexity index is 1780. The molecule has 4 N–H and O–H groups in total. The number of aromatic nitrogens is 2. The number of nitrogens with zero attached hydrogens (tertiary/aromatic N) is 4. The van der Waals surface area contributed by atoms with E-state index < -0.39 is 0 Å². The first-order chi connectivity index (χ1) is 22.7. The van der Waals surface area contributed by atoms with E-state index in [0.29, 0.717) is 22.1 Å². The number of fused-ring (bicyclic) bond motifs is 1. The second-order valence-electron chi connectivity index (χ2n) is 13.4. The number of nitrogens with one attached hydrogen (secondary N) is 4. The maximum atomic E-state index is 6.96. The molecule has 9 heteroatoms. The minimum Gasteiger partial charge on any atom is -0.377 e. The first-order valence-electron chi connectivity index (χ1n) is 16.5. The van der Waals surface area contributed by atoms with Crippen molar-refractivity contribution in [1.29, 1.82) is 0 Å². The molecule has 2 atom stereocenters. The number of terminal acetylenes is 1. The number of halogens is 1. The second kappa shape index (κ2) is 13.8. The number of hydrazine groups is 2. The normalized spacial score (nSPS) is 17.1. The summed E-state index contributed by atoms with van der Waals surface area (Å²) in [7, 11) is 0. The smallest absolute Gasteiger partial charge is 0.0961 e. The molecule has 244 valence electrons. The minimum atomic E-state index is -0.225. The van der Waals surface area contributed by atoms with Crippen molar-refractivity contribution < 1.29 is 0 Å². The van der Waals surface area contributed by atoms with Crippen LogP contribution in [-0.4, -0.2) is 44.5 Å². The van der Waals surface area contributed by atoms with Gasteiger partial charge in [-0.25, -0.2) is 0 Å². The zero-order valence-corrected chi connectivity index (χ0v) is 28.7. The SMILES string of the molecule is C#Cc1cnc2c(Cl)cc(N[C@H](C3=CN(C4CCN(C(C)(C)C)CC4)NN3)c3cccnc3C)cc2c1N[C@H](CC)c1ccccc1. The summed E-state index contributed by atoms with van der Waals surface area (Å²) in [5.74, 6) is 2.84. The van der Waals surface area contributed by atoms with Gasteiger partial charge in [-0.15, -0.1) is 12.0 Å². The number of benzene rings is 2. The monoisotopic (exact) mass is 648 g/mol. The number of piperidine rings is 1. The number of pyridine rings is 2. The quantitative estimate of drug-likeness (QED) is 0.137. The van der Waals surface area contributed by atoms with E-state index in [1.807, 2.05) is 31.3 Å². The summed E-state index contributed by atoms with van der Waals surface area (Å²) in [6.45, 7) is 13.2. The van der Waals surface area contributed by atoms with Crippen molar-refractivity contribution in [2.45, 2.75) is 77.5 Å². The minimum absolute atomic E-state index is 0.0650. The highest BCUT2D eigenvalue weighted by Crippen LogP contribution is 2.38. The molecule has 0 spiro atoms. The number of hydrogen-bond donors (Lipinski definition) is 4. The molecule has 0 amide bonds. The van der Waals surface area contributed by atoms with Crippen LogP contribution >= 0.6 is 11.6 Å². The molecule has 2 aliphatic rings. The molecule has 0 unspecified atom stereocenters. The Hall–Kier alpha value is -4.29. The van der Waals surface area contributed by atoms with Crippen LogP contribution in [0.2, 0.25) is 5.02 Å². The van der Waals surface area contributed by atoms with E-state index in [1.54, 1.807) is 6.20 Å². The number of hydrogen-bond acceptors (Lipinski definition) is 8. The average molecular weight is 649 g/mol. The van der Waals surface area contributed by atoms with Gasteiger partial charge >= 0.3 is 0 Å². The topological polar surface area (TPSA) is 80.4 Å². The molecule has 2 aromatic heterocycles. The molecular weight excluding hydrogens is 604 g/mol. The van der Waals surface area contributed by atoms with E-state index in [0.717, 1.165) is 66.1 Å². The lowest BCUT2D eigenvalue weighted by Gasteiger charge is -2.42. The fourth-order valence-electron chi connectivity index (χ4n) is 6.68. The summed E-state index contributed by atoms with van der Waals surface area (Å²) in [6.07, 6.45) is 14.8. The largest absolute Gasteiger partial charge is 0.377 e. The maximum absolute atomic E-state index is 6.96. The number of likely N-dealkylation sites (tertiary alicyclic amines) is 1.